The number of carboxylic acid groups (broad SMARTS) is 1. The number of nitro groups is 1. The molecule has 1 aromatic carbocycles. The molecule has 1 aliphatic heterocycles. The minimum atomic E-state index is -1.34. The monoisotopic (exact) mass is 312 g/mol. The summed E-state index contributed by atoms with van der Waals surface area (Å²) in [6.45, 7) is 1.70. The number of halogens is 1. The standard InChI is InChI=1S/C13H13ClN2O5/c1-13(12(18)19)5-2-6-15(13)11(17)9-4-3-8(14)7-10(9)16(20)21/h3-4,7H,2,5-6H2,1H3,(H,18,19). The molecule has 112 valence electrons. The minimum absolute atomic E-state index is 0.140. The summed E-state index contributed by atoms with van der Waals surface area (Å²) in [5.74, 6) is -1.79. The Morgan fingerprint density at radius 1 is 1.48 bits per heavy atom. The Balaban J connectivity index is 2.46. The third-order valence-corrected chi connectivity index (χ3v) is 3.97. The number of hydrogen-bond donors (Lipinski definition) is 1. The van der Waals surface area contributed by atoms with Gasteiger partial charge in [-0.05, 0) is 31.9 Å². The van der Waals surface area contributed by atoms with E-state index in [2.05, 4.69) is 0 Å². The number of carboxylic acids is 1. The van der Waals surface area contributed by atoms with Gasteiger partial charge in [-0.1, -0.05) is 11.6 Å². The molecular weight excluding hydrogens is 300 g/mol. The van der Waals surface area contributed by atoms with Crippen LogP contribution in [0.4, 0.5) is 5.69 Å². The molecule has 1 fully saturated rings. The Labute approximate surface area is 125 Å². The number of nitrogens with zero attached hydrogens (tertiary/aromatic N) is 2. The van der Waals surface area contributed by atoms with E-state index in [1.54, 1.807) is 0 Å². The molecule has 1 atom stereocenters. The molecule has 1 aliphatic rings. The number of aliphatic carboxylic acids is 1. The topological polar surface area (TPSA) is 101 Å². The van der Waals surface area contributed by atoms with Gasteiger partial charge < -0.3 is 10.0 Å². The van der Waals surface area contributed by atoms with Gasteiger partial charge in [0.2, 0.25) is 0 Å². The van der Waals surface area contributed by atoms with Crippen LogP contribution >= 0.6 is 11.6 Å². The molecule has 1 saturated heterocycles. The van der Waals surface area contributed by atoms with Crippen molar-refractivity contribution in [1.82, 2.24) is 4.90 Å². The minimum Gasteiger partial charge on any atom is -0.480 e. The highest BCUT2D eigenvalue weighted by Gasteiger charge is 2.47. The smallest absolute Gasteiger partial charge is 0.329 e. The van der Waals surface area contributed by atoms with Crippen LogP contribution in [0, 0.1) is 10.1 Å². The van der Waals surface area contributed by atoms with Crippen molar-refractivity contribution in [2.24, 2.45) is 0 Å². The van der Waals surface area contributed by atoms with Gasteiger partial charge in [-0.3, -0.25) is 14.9 Å². The Kier molecular flexibility index (Phi) is 3.87. The number of benzene rings is 1. The molecule has 21 heavy (non-hydrogen) atoms. The molecule has 0 aliphatic carbocycles. The van der Waals surface area contributed by atoms with Crippen LogP contribution in [0.2, 0.25) is 5.02 Å². The van der Waals surface area contributed by atoms with Crippen molar-refractivity contribution in [2.75, 3.05) is 6.54 Å². The summed E-state index contributed by atoms with van der Waals surface area (Å²) in [7, 11) is 0. The largest absolute Gasteiger partial charge is 0.480 e. The highest BCUT2D eigenvalue weighted by Crippen LogP contribution is 2.33. The molecule has 0 aromatic heterocycles. The van der Waals surface area contributed by atoms with Crippen LogP contribution in [0.1, 0.15) is 30.1 Å². The summed E-state index contributed by atoms with van der Waals surface area (Å²) >= 11 is 5.71. The van der Waals surface area contributed by atoms with Gasteiger partial charge >= 0.3 is 5.97 Å². The second kappa shape index (κ2) is 5.33. The lowest BCUT2D eigenvalue weighted by molar-refractivity contribution is -0.385. The zero-order valence-electron chi connectivity index (χ0n) is 11.2. The van der Waals surface area contributed by atoms with Gasteiger partial charge in [0.1, 0.15) is 11.1 Å². The predicted molar refractivity (Wildman–Crippen MR) is 74.4 cm³/mol. The van der Waals surface area contributed by atoms with E-state index in [-0.39, 0.29) is 17.1 Å². The molecule has 1 amide bonds. The Bertz CT molecular complexity index is 633. The van der Waals surface area contributed by atoms with Gasteiger partial charge in [-0.25, -0.2) is 4.79 Å². The van der Waals surface area contributed by atoms with E-state index in [4.69, 9.17) is 11.6 Å². The van der Waals surface area contributed by atoms with E-state index in [0.717, 1.165) is 6.07 Å². The SMILES string of the molecule is CC1(C(=O)O)CCCN1C(=O)c1ccc(Cl)cc1[N+](=O)[O-]. The van der Waals surface area contributed by atoms with Gasteiger partial charge in [-0.15, -0.1) is 0 Å². The summed E-state index contributed by atoms with van der Waals surface area (Å²) in [5, 5.41) is 20.5. The molecule has 0 saturated carbocycles. The fourth-order valence-corrected chi connectivity index (χ4v) is 2.66. The maximum Gasteiger partial charge on any atom is 0.329 e. The van der Waals surface area contributed by atoms with E-state index in [1.807, 2.05) is 0 Å². The lowest BCUT2D eigenvalue weighted by atomic mass is 9.98. The number of rotatable bonds is 3. The lowest BCUT2D eigenvalue weighted by Gasteiger charge is -2.31. The Morgan fingerprint density at radius 2 is 2.14 bits per heavy atom. The number of nitro benzene ring substituents is 1. The molecule has 2 rings (SSSR count). The predicted octanol–water partition coefficient (Wildman–Crippen LogP) is 2.33. The normalized spacial score (nSPS) is 21.3. The highest BCUT2D eigenvalue weighted by atomic mass is 35.5. The average Bonchev–Trinajstić information content (AvgIpc) is 2.81. The van der Waals surface area contributed by atoms with Crippen molar-refractivity contribution in [2.45, 2.75) is 25.3 Å². The fraction of sp³-hybridized carbons (Fsp3) is 0.385. The van der Waals surface area contributed by atoms with E-state index < -0.39 is 28.0 Å². The van der Waals surface area contributed by atoms with Gasteiger partial charge in [-0.2, -0.15) is 0 Å². The molecule has 7 nitrogen and oxygen atoms in total. The first-order valence-electron chi connectivity index (χ1n) is 6.26. The summed E-state index contributed by atoms with van der Waals surface area (Å²) in [5.41, 5.74) is -1.92. The van der Waals surface area contributed by atoms with Crippen molar-refractivity contribution < 1.29 is 19.6 Å². The summed E-state index contributed by atoms with van der Waals surface area (Å²) < 4.78 is 0. The lowest BCUT2D eigenvalue weighted by Crippen LogP contribution is -2.50. The quantitative estimate of drug-likeness (QED) is 0.682. The fourth-order valence-electron chi connectivity index (χ4n) is 2.49. The molecule has 1 unspecified atom stereocenters. The van der Waals surface area contributed by atoms with Gasteiger partial charge in [0, 0.05) is 17.6 Å². The molecule has 0 bridgehead atoms. The zero-order chi connectivity index (χ0) is 15.8. The van der Waals surface area contributed by atoms with Gasteiger partial charge in [0.15, 0.2) is 0 Å². The third kappa shape index (κ3) is 2.56. The second-order valence-corrected chi connectivity index (χ2v) is 5.49. The van der Waals surface area contributed by atoms with Gasteiger partial charge in [0.05, 0.1) is 4.92 Å². The maximum atomic E-state index is 12.5. The number of hydrogen-bond acceptors (Lipinski definition) is 4. The summed E-state index contributed by atoms with van der Waals surface area (Å²) in [6.07, 6.45) is 0.853. The Hall–Kier alpha value is -2.15. The van der Waals surface area contributed by atoms with Crippen molar-refractivity contribution in [3.63, 3.8) is 0 Å². The molecule has 8 heteroatoms. The second-order valence-electron chi connectivity index (χ2n) is 5.06. The number of likely N-dealkylation sites (tertiary alicyclic amines) is 1. The molecule has 1 aromatic rings. The van der Waals surface area contributed by atoms with Crippen molar-refractivity contribution in [3.05, 3.63) is 38.9 Å². The average molecular weight is 313 g/mol. The van der Waals surface area contributed by atoms with Crippen molar-refractivity contribution in [3.8, 4) is 0 Å². The van der Waals surface area contributed by atoms with Crippen LogP contribution < -0.4 is 0 Å². The number of carbonyl (C=O) groups excluding carboxylic acids is 1. The molecule has 1 N–H and O–H groups in total. The van der Waals surface area contributed by atoms with Gasteiger partial charge in [0.25, 0.3) is 11.6 Å². The first kappa shape index (κ1) is 15.2. The number of amides is 1. The number of carbonyl (C=O) groups is 2. The first-order chi connectivity index (χ1) is 9.77. The van der Waals surface area contributed by atoms with Crippen molar-refractivity contribution in [1.29, 1.82) is 0 Å². The third-order valence-electron chi connectivity index (χ3n) is 3.73. The maximum absolute atomic E-state index is 12.5. The molecule has 0 spiro atoms. The first-order valence-corrected chi connectivity index (χ1v) is 6.64. The van der Waals surface area contributed by atoms with Crippen LogP contribution in [0.3, 0.4) is 0 Å². The van der Waals surface area contributed by atoms with Crippen LogP contribution in [0.25, 0.3) is 0 Å². The van der Waals surface area contributed by atoms with Crippen molar-refractivity contribution >= 4 is 29.2 Å². The van der Waals surface area contributed by atoms with E-state index in [1.165, 1.54) is 24.0 Å². The summed E-state index contributed by atoms with van der Waals surface area (Å²) in [4.78, 5) is 35.4. The molecule has 0 radical (unpaired) electrons. The zero-order valence-corrected chi connectivity index (χ0v) is 12.0. The van der Waals surface area contributed by atoms with Crippen LogP contribution in [-0.4, -0.2) is 38.9 Å². The molecule has 1 heterocycles. The molecular formula is C13H13ClN2O5. The van der Waals surface area contributed by atoms with Crippen LogP contribution in [0.15, 0.2) is 18.2 Å². The highest BCUT2D eigenvalue weighted by molar-refractivity contribution is 6.31. The van der Waals surface area contributed by atoms with Crippen LogP contribution in [-0.2, 0) is 4.79 Å². The van der Waals surface area contributed by atoms with E-state index in [0.29, 0.717) is 12.8 Å². The van der Waals surface area contributed by atoms with Crippen LogP contribution in [0.5, 0.6) is 0 Å². The van der Waals surface area contributed by atoms with E-state index >= 15 is 0 Å². The summed E-state index contributed by atoms with van der Waals surface area (Å²) in [6, 6.07) is 3.71. The Morgan fingerprint density at radius 3 is 2.71 bits per heavy atom. The van der Waals surface area contributed by atoms with E-state index in [9.17, 15) is 24.8 Å².